The molecule has 178 valence electrons. The topological polar surface area (TPSA) is 71.1 Å². The lowest BCUT2D eigenvalue weighted by atomic mass is 9.98. The van der Waals surface area contributed by atoms with Crippen molar-refractivity contribution in [2.75, 3.05) is 6.61 Å². The first-order valence-corrected chi connectivity index (χ1v) is 18.4. The van der Waals surface area contributed by atoms with Crippen molar-refractivity contribution in [3.8, 4) is 0 Å². The van der Waals surface area contributed by atoms with E-state index in [9.17, 15) is 9.59 Å². The molecule has 2 atom stereocenters. The van der Waals surface area contributed by atoms with E-state index in [4.69, 9.17) is 18.6 Å². The van der Waals surface area contributed by atoms with Gasteiger partial charge in [0, 0.05) is 12.2 Å². The molecule has 0 aromatic heterocycles. The summed E-state index contributed by atoms with van der Waals surface area (Å²) in [7, 11) is -4.48. The number of rotatable bonds is 8. The van der Waals surface area contributed by atoms with Crippen LogP contribution in [0.15, 0.2) is 12.2 Å². The Bertz CT molecular complexity index is 671. The Kier molecular flexibility index (Phi) is 8.75. The summed E-state index contributed by atoms with van der Waals surface area (Å²) in [5.74, 6) is -1.05. The van der Waals surface area contributed by atoms with Crippen molar-refractivity contribution < 1.29 is 28.2 Å². The van der Waals surface area contributed by atoms with Crippen molar-refractivity contribution in [2.24, 2.45) is 0 Å². The summed E-state index contributed by atoms with van der Waals surface area (Å²) in [5, 5.41) is 0. The van der Waals surface area contributed by atoms with Gasteiger partial charge in [-0.05, 0) is 78.4 Å². The van der Waals surface area contributed by atoms with Crippen LogP contribution in [-0.2, 0) is 28.2 Å². The first-order valence-electron chi connectivity index (χ1n) is 11.8. The number of carbonyl (C=O) groups is 2. The third-order valence-corrected chi connectivity index (χ3v) is 24.8. The molecule has 2 unspecified atom stereocenters. The van der Waals surface area contributed by atoms with Gasteiger partial charge in [0.25, 0.3) is 0 Å². The second kappa shape index (κ2) is 10.3. The summed E-state index contributed by atoms with van der Waals surface area (Å²) in [6.07, 6.45) is 9.21. The van der Waals surface area contributed by atoms with Crippen LogP contribution in [0.4, 0.5) is 0 Å². The molecule has 0 bridgehead atoms. The fourth-order valence-corrected chi connectivity index (χ4v) is 17.9. The van der Waals surface area contributed by atoms with Crippen molar-refractivity contribution in [3.63, 3.8) is 0 Å². The molecular formula is C23H42O6Si2. The molecule has 31 heavy (non-hydrogen) atoms. The maximum Gasteiger partial charge on any atom is 0.333 e. The summed E-state index contributed by atoms with van der Waals surface area (Å²) < 4.78 is 24.3. The number of ether oxygens (including phenoxy) is 3. The first kappa shape index (κ1) is 26.3. The normalized spacial score (nSPS) is 28.1. The minimum Gasteiger partial charge on any atom is -0.459 e. The van der Waals surface area contributed by atoms with E-state index in [1.807, 2.05) is 13.8 Å². The van der Waals surface area contributed by atoms with Crippen LogP contribution in [0.25, 0.3) is 0 Å². The van der Waals surface area contributed by atoms with Gasteiger partial charge in [0.15, 0.2) is 20.8 Å². The minimum atomic E-state index is -2.30. The molecule has 6 nitrogen and oxygen atoms in total. The summed E-state index contributed by atoms with van der Waals surface area (Å²) in [4.78, 5) is 24.9. The second-order valence-corrected chi connectivity index (χ2v) is 24.7. The SMILES string of the molecule is CCCOC(C)(OC(=O)C=CC(=O)OC1CCCCC1)[Si]1(C)CCC(C)(C)O[Si]1(C)C. The number of hydrogen-bond acceptors (Lipinski definition) is 6. The van der Waals surface area contributed by atoms with Crippen LogP contribution in [0.1, 0.15) is 72.6 Å². The van der Waals surface area contributed by atoms with Gasteiger partial charge < -0.3 is 18.6 Å². The summed E-state index contributed by atoms with van der Waals surface area (Å²) in [6, 6.07) is 0.972. The van der Waals surface area contributed by atoms with Crippen molar-refractivity contribution in [1.82, 2.24) is 0 Å². The number of carbonyl (C=O) groups excluding carboxylic acids is 2. The molecule has 0 N–H and O–H groups in total. The lowest BCUT2D eigenvalue weighted by Gasteiger charge is -2.56. The second-order valence-electron chi connectivity index (χ2n) is 10.4. The van der Waals surface area contributed by atoms with Gasteiger partial charge in [0.05, 0.1) is 12.2 Å². The van der Waals surface area contributed by atoms with Gasteiger partial charge in [-0.1, -0.05) is 19.9 Å². The third kappa shape index (κ3) is 6.52. The first-order chi connectivity index (χ1) is 14.3. The van der Waals surface area contributed by atoms with Crippen LogP contribution < -0.4 is 0 Å². The van der Waals surface area contributed by atoms with Gasteiger partial charge >= 0.3 is 11.9 Å². The van der Waals surface area contributed by atoms with Gasteiger partial charge in [-0.25, -0.2) is 9.59 Å². The fraction of sp³-hybridized carbons (Fsp3) is 0.826. The van der Waals surface area contributed by atoms with Gasteiger partial charge in [-0.3, -0.25) is 0 Å². The zero-order valence-corrected chi connectivity index (χ0v) is 22.5. The van der Waals surface area contributed by atoms with Crippen LogP contribution in [0.5, 0.6) is 0 Å². The van der Waals surface area contributed by atoms with Crippen molar-refractivity contribution >= 4 is 27.4 Å². The summed E-state index contributed by atoms with van der Waals surface area (Å²) in [6.45, 7) is 15.4. The zero-order chi connectivity index (χ0) is 23.3. The van der Waals surface area contributed by atoms with E-state index in [2.05, 4.69) is 33.5 Å². The Morgan fingerprint density at radius 3 is 2.29 bits per heavy atom. The average molecular weight is 471 g/mol. The van der Waals surface area contributed by atoms with Gasteiger partial charge in [-0.2, -0.15) is 0 Å². The molecular weight excluding hydrogens is 428 g/mol. The predicted octanol–water partition coefficient (Wildman–Crippen LogP) is 5.20. The van der Waals surface area contributed by atoms with Crippen LogP contribution >= 0.6 is 0 Å². The molecule has 1 saturated heterocycles. The Hall–Kier alpha value is -0.966. The number of esters is 2. The molecule has 1 aliphatic heterocycles. The highest BCUT2D eigenvalue weighted by molar-refractivity contribution is 7.39. The van der Waals surface area contributed by atoms with Crippen LogP contribution in [0.3, 0.4) is 0 Å². The van der Waals surface area contributed by atoms with Crippen LogP contribution in [-0.4, -0.2) is 51.1 Å². The predicted molar refractivity (Wildman–Crippen MR) is 127 cm³/mol. The Labute approximate surface area is 190 Å². The quantitative estimate of drug-likeness (QED) is 0.210. The Morgan fingerprint density at radius 1 is 1.10 bits per heavy atom. The molecule has 8 heteroatoms. The molecule has 1 heterocycles. The Morgan fingerprint density at radius 2 is 1.71 bits per heavy atom. The van der Waals surface area contributed by atoms with E-state index in [0.29, 0.717) is 6.61 Å². The highest BCUT2D eigenvalue weighted by Gasteiger charge is 2.65. The van der Waals surface area contributed by atoms with Crippen LogP contribution in [0.2, 0.25) is 25.7 Å². The van der Waals surface area contributed by atoms with E-state index in [0.717, 1.165) is 44.6 Å². The largest absolute Gasteiger partial charge is 0.459 e. The maximum absolute atomic E-state index is 12.7. The van der Waals surface area contributed by atoms with Crippen LogP contribution in [0, 0.1) is 0 Å². The highest BCUT2D eigenvalue weighted by atomic mass is 29.3. The summed E-state index contributed by atoms with van der Waals surface area (Å²) >= 11 is 0. The van der Waals surface area contributed by atoms with Gasteiger partial charge in [-0.15, -0.1) is 0 Å². The third-order valence-electron chi connectivity index (χ3n) is 7.16. The smallest absolute Gasteiger partial charge is 0.333 e. The van der Waals surface area contributed by atoms with E-state index >= 15 is 0 Å². The molecule has 0 aromatic rings. The molecule has 0 amide bonds. The molecule has 1 aliphatic carbocycles. The number of hydrogen-bond donors (Lipinski definition) is 0. The Balaban J connectivity index is 2.11. The van der Waals surface area contributed by atoms with E-state index in [-0.39, 0.29) is 11.7 Å². The monoisotopic (exact) mass is 470 g/mol. The molecule has 0 radical (unpaired) electrons. The van der Waals surface area contributed by atoms with Gasteiger partial charge in [0.2, 0.25) is 0 Å². The lowest BCUT2D eigenvalue weighted by molar-refractivity contribution is -0.188. The van der Waals surface area contributed by atoms with E-state index < -0.39 is 32.8 Å². The standard InChI is InChI=1S/C23H42O6Si2/c1-8-17-26-23(4,31(7)18-16-22(2,3)29-30(31,5)6)28-21(25)15-14-20(24)27-19-12-10-9-11-13-19/h14-15,19H,8-13,16-18H2,1-7H3. The highest BCUT2D eigenvalue weighted by Crippen LogP contribution is 2.45. The maximum atomic E-state index is 12.7. The zero-order valence-electron chi connectivity index (χ0n) is 20.5. The molecule has 0 aromatic carbocycles. The molecule has 2 aliphatic rings. The van der Waals surface area contributed by atoms with Gasteiger partial charge in [0.1, 0.15) is 6.10 Å². The lowest BCUT2D eigenvalue weighted by Crippen LogP contribution is -2.76. The summed E-state index contributed by atoms with van der Waals surface area (Å²) in [5.41, 5.74) is -1.18. The minimum absolute atomic E-state index is 0.0408. The fourth-order valence-electron chi connectivity index (χ4n) is 4.83. The molecule has 1 saturated carbocycles. The van der Waals surface area contributed by atoms with E-state index in [1.54, 1.807) is 0 Å². The van der Waals surface area contributed by atoms with E-state index in [1.165, 1.54) is 18.6 Å². The average Bonchev–Trinajstić information content (AvgIpc) is 2.68. The van der Waals surface area contributed by atoms with Crippen molar-refractivity contribution in [2.45, 2.75) is 115 Å². The molecule has 2 fully saturated rings. The van der Waals surface area contributed by atoms with Crippen molar-refractivity contribution in [3.05, 3.63) is 12.2 Å². The molecule has 0 spiro atoms. The molecule has 2 rings (SSSR count). The van der Waals surface area contributed by atoms with Crippen molar-refractivity contribution in [1.29, 1.82) is 0 Å².